The Labute approximate surface area is 135 Å². The van der Waals surface area contributed by atoms with Crippen LogP contribution in [0.25, 0.3) is 10.9 Å². The summed E-state index contributed by atoms with van der Waals surface area (Å²) in [6.07, 6.45) is 5.15. The molecule has 4 heteroatoms. The lowest BCUT2D eigenvalue weighted by Gasteiger charge is -2.35. The third kappa shape index (κ3) is 2.33. The first-order valence-corrected chi connectivity index (χ1v) is 7.90. The summed E-state index contributed by atoms with van der Waals surface area (Å²) in [5.41, 5.74) is 4.37. The molecule has 1 aromatic heterocycles. The molecule has 0 aliphatic heterocycles. The van der Waals surface area contributed by atoms with E-state index in [9.17, 15) is 15.2 Å². The zero-order chi connectivity index (χ0) is 16.6. The van der Waals surface area contributed by atoms with Gasteiger partial charge in [-0.3, -0.25) is 4.79 Å². The second-order valence-corrected chi connectivity index (χ2v) is 6.47. The van der Waals surface area contributed by atoms with Crippen LogP contribution in [-0.2, 0) is 16.6 Å². The first-order chi connectivity index (χ1) is 11.0. The van der Waals surface area contributed by atoms with Gasteiger partial charge in [0.25, 0.3) is 0 Å². The monoisotopic (exact) mass is 308 g/mol. The molecule has 4 nitrogen and oxygen atoms in total. The number of nitrogens with zero attached hydrogens (tertiary/aromatic N) is 1. The van der Waals surface area contributed by atoms with Gasteiger partial charge in [0.05, 0.1) is 23.6 Å². The van der Waals surface area contributed by atoms with Crippen LogP contribution in [0.3, 0.4) is 0 Å². The topological polar surface area (TPSA) is 76.9 Å². The van der Waals surface area contributed by atoms with E-state index in [1.165, 1.54) is 0 Å². The van der Waals surface area contributed by atoms with Gasteiger partial charge < -0.3 is 10.1 Å². The van der Waals surface area contributed by atoms with Gasteiger partial charge in [-0.15, -0.1) is 6.58 Å². The van der Waals surface area contributed by atoms with Crippen LogP contribution in [-0.4, -0.2) is 16.1 Å². The van der Waals surface area contributed by atoms with Crippen LogP contribution < -0.4 is 0 Å². The number of benzene rings is 1. The summed E-state index contributed by atoms with van der Waals surface area (Å²) in [5, 5.41) is 19.8. The van der Waals surface area contributed by atoms with Crippen LogP contribution >= 0.6 is 0 Å². The molecule has 2 aromatic rings. The third-order valence-corrected chi connectivity index (χ3v) is 5.02. The summed E-state index contributed by atoms with van der Waals surface area (Å²) in [7, 11) is 0. The number of fused-ring (bicyclic) bond motifs is 3. The molecule has 1 aliphatic carbocycles. The SMILES string of the molecule is C=CCC1(CC(=O)O)CCCc2c1[nH]c1c(C)ccc(C#N)c21. The van der Waals surface area contributed by atoms with Crippen LogP contribution in [0.15, 0.2) is 24.8 Å². The van der Waals surface area contributed by atoms with Gasteiger partial charge >= 0.3 is 5.97 Å². The fraction of sp³-hybridized carbons (Fsp3) is 0.368. The number of aryl methyl sites for hydroxylation is 2. The summed E-state index contributed by atoms with van der Waals surface area (Å²) in [4.78, 5) is 14.9. The van der Waals surface area contributed by atoms with E-state index in [2.05, 4.69) is 17.6 Å². The third-order valence-electron chi connectivity index (χ3n) is 5.02. The lowest BCUT2D eigenvalue weighted by atomic mass is 9.69. The number of carboxylic acids is 1. The van der Waals surface area contributed by atoms with Crippen LogP contribution in [0, 0.1) is 18.3 Å². The maximum absolute atomic E-state index is 11.5. The summed E-state index contributed by atoms with van der Waals surface area (Å²) >= 11 is 0. The lowest BCUT2D eigenvalue weighted by molar-refractivity contribution is -0.138. The molecular formula is C19H20N2O2. The molecule has 3 rings (SSSR count). The number of nitriles is 1. The van der Waals surface area contributed by atoms with Crippen LogP contribution in [0.2, 0.25) is 0 Å². The van der Waals surface area contributed by atoms with Gasteiger partial charge in [0.1, 0.15) is 0 Å². The molecule has 2 N–H and O–H groups in total. The molecule has 0 saturated heterocycles. The van der Waals surface area contributed by atoms with Crippen molar-refractivity contribution in [1.82, 2.24) is 4.98 Å². The van der Waals surface area contributed by atoms with Crippen molar-refractivity contribution in [3.05, 3.63) is 47.2 Å². The summed E-state index contributed by atoms with van der Waals surface area (Å²) in [6.45, 7) is 5.84. The van der Waals surface area contributed by atoms with Crippen molar-refractivity contribution >= 4 is 16.9 Å². The Balaban J connectivity index is 2.33. The number of rotatable bonds is 4. The molecule has 1 aromatic carbocycles. The van der Waals surface area contributed by atoms with E-state index < -0.39 is 11.4 Å². The Kier molecular flexibility index (Phi) is 3.73. The van der Waals surface area contributed by atoms with E-state index >= 15 is 0 Å². The minimum absolute atomic E-state index is 0.0831. The Morgan fingerprint density at radius 2 is 2.35 bits per heavy atom. The molecule has 1 atom stereocenters. The zero-order valence-corrected chi connectivity index (χ0v) is 13.3. The van der Waals surface area contributed by atoms with Crippen molar-refractivity contribution < 1.29 is 9.90 Å². The predicted octanol–water partition coefficient (Wildman–Crippen LogP) is 3.97. The number of hydrogen-bond acceptors (Lipinski definition) is 2. The highest BCUT2D eigenvalue weighted by Gasteiger charge is 2.40. The molecule has 1 aliphatic rings. The summed E-state index contributed by atoms with van der Waals surface area (Å²) < 4.78 is 0. The molecule has 0 bridgehead atoms. The standard InChI is InChI=1S/C19H20N2O2/c1-3-8-19(10-15(22)23)9-4-5-14-16-13(11-20)7-6-12(2)17(16)21-18(14)19/h3,6-7,21H,1,4-5,8-10H2,2H3,(H,22,23). The van der Waals surface area contributed by atoms with Crippen molar-refractivity contribution in [2.24, 2.45) is 0 Å². The van der Waals surface area contributed by atoms with E-state index in [0.717, 1.165) is 47.0 Å². The average molecular weight is 308 g/mol. The van der Waals surface area contributed by atoms with E-state index in [-0.39, 0.29) is 6.42 Å². The number of carboxylic acid groups (broad SMARTS) is 1. The number of carbonyl (C=O) groups is 1. The molecule has 0 amide bonds. The number of H-pyrrole nitrogens is 1. The van der Waals surface area contributed by atoms with Gasteiger partial charge in [-0.2, -0.15) is 5.26 Å². The number of nitrogens with one attached hydrogen (secondary N) is 1. The molecular weight excluding hydrogens is 288 g/mol. The predicted molar refractivity (Wildman–Crippen MR) is 89.4 cm³/mol. The Hall–Kier alpha value is -2.54. The van der Waals surface area contributed by atoms with Gasteiger partial charge in [-0.05, 0) is 49.8 Å². The van der Waals surface area contributed by atoms with Gasteiger partial charge in [0.2, 0.25) is 0 Å². The second-order valence-electron chi connectivity index (χ2n) is 6.47. The van der Waals surface area contributed by atoms with Crippen LogP contribution in [0.1, 0.15) is 48.1 Å². The molecule has 0 radical (unpaired) electrons. The largest absolute Gasteiger partial charge is 0.481 e. The highest BCUT2D eigenvalue weighted by molar-refractivity contribution is 5.93. The van der Waals surface area contributed by atoms with Gasteiger partial charge in [-0.25, -0.2) is 0 Å². The fourth-order valence-electron chi connectivity index (χ4n) is 4.05. The van der Waals surface area contributed by atoms with E-state index in [4.69, 9.17) is 0 Å². The minimum Gasteiger partial charge on any atom is -0.481 e. The van der Waals surface area contributed by atoms with Crippen molar-refractivity contribution in [2.75, 3.05) is 0 Å². The molecule has 0 saturated carbocycles. The lowest BCUT2D eigenvalue weighted by Crippen LogP contribution is -2.33. The quantitative estimate of drug-likeness (QED) is 0.839. The first kappa shape index (κ1) is 15.4. The Bertz CT molecular complexity index is 841. The van der Waals surface area contributed by atoms with Crippen LogP contribution in [0.4, 0.5) is 0 Å². The highest BCUT2D eigenvalue weighted by atomic mass is 16.4. The number of allylic oxidation sites excluding steroid dienone is 1. The molecule has 0 fully saturated rings. The Morgan fingerprint density at radius 1 is 1.57 bits per heavy atom. The number of aromatic amines is 1. The maximum atomic E-state index is 11.5. The maximum Gasteiger partial charge on any atom is 0.304 e. The normalized spacial score (nSPS) is 20.0. The molecule has 118 valence electrons. The summed E-state index contributed by atoms with van der Waals surface area (Å²) in [6, 6.07) is 6.07. The van der Waals surface area contributed by atoms with Crippen molar-refractivity contribution in [3.8, 4) is 6.07 Å². The number of hydrogen-bond donors (Lipinski definition) is 2. The number of aromatic nitrogens is 1. The molecule has 23 heavy (non-hydrogen) atoms. The second kappa shape index (κ2) is 5.58. The van der Waals surface area contributed by atoms with Gasteiger partial charge in [-0.1, -0.05) is 12.1 Å². The highest BCUT2D eigenvalue weighted by Crippen LogP contribution is 2.46. The molecule has 1 unspecified atom stereocenters. The van der Waals surface area contributed by atoms with E-state index in [1.54, 1.807) is 0 Å². The first-order valence-electron chi connectivity index (χ1n) is 7.90. The average Bonchev–Trinajstić information content (AvgIpc) is 2.90. The van der Waals surface area contributed by atoms with Crippen LogP contribution in [0.5, 0.6) is 0 Å². The molecule has 1 heterocycles. The zero-order valence-electron chi connectivity index (χ0n) is 13.3. The summed E-state index contributed by atoms with van der Waals surface area (Å²) in [5.74, 6) is -0.796. The van der Waals surface area contributed by atoms with Crippen molar-refractivity contribution in [2.45, 2.75) is 44.4 Å². The fourth-order valence-corrected chi connectivity index (χ4v) is 4.05. The Morgan fingerprint density at radius 3 is 3.00 bits per heavy atom. The van der Waals surface area contributed by atoms with E-state index in [0.29, 0.717) is 12.0 Å². The van der Waals surface area contributed by atoms with Crippen molar-refractivity contribution in [1.29, 1.82) is 5.26 Å². The van der Waals surface area contributed by atoms with Gasteiger partial charge in [0, 0.05) is 16.5 Å². The smallest absolute Gasteiger partial charge is 0.304 e. The van der Waals surface area contributed by atoms with Gasteiger partial charge in [0.15, 0.2) is 0 Å². The van der Waals surface area contributed by atoms with Crippen molar-refractivity contribution in [3.63, 3.8) is 0 Å². The minimum atomic E-state index is -0.796. The molecule has 0 spiro atoms. The van der Waals surface area contributed by atoms with E-state index in [1.807, 2.05) is 25.1 Å². The number of aliphatic carboxylic acids is 1.